The molecule has 0 amide bonds. The maximum absolute atomic E-state index is 11.6. The molecule has 1 aliphatic heterocycles. The van der Waals surface area contributed by atoms with E-state index in [1.165, 1.54) is 13.5 Å². The minimum absolute atomic E-state index is 0.297. The quantitative estimate of drug-likeness (QED) is 0.884. The average molecular weight is 297 g/mol. The predicted molar refractivity (Wildman–Crippen MR) is 81.4 cm³/mol. The van der Waals surface area contributed by atoms with Crippen molar-refractivity contribution in [3.05, 3.63) is 24.3 Å². The van der Waals surface area contributed by atoms with Crippen LogP contribution in [0, 0.1) is 0 Å². The normalized spacial score (nSPS) is 21.4. The van der Waals surface area contributed by atoms with Gasteiger partial charge in [-0.05, 0) is 70.7 Å². The molecule has 0 saturated carbocycles. The summed E-state index contributed by atoms with van der Waals surface area (Å²) < 4.78 is 25.6. The maximum Gasteiger partial charge on any atom is 0.240 e. The number of nitrogens with one attached hydrogen (secondary N) is 2. The van der Waals surface area contributed by atoms with Crippen LogP contribution in [0.4, 0.5) is 5.69 Å². The SMILES string of the molecule is CNS(=O)(=O)c1ccc(NC2CCCN(C)CC2)cc1. The molecule has 0 aromatic heterocycles. The molecule has 20 heavy (non-hydrogen) atoms. The summed E-state index contributed by atoms with van der Waals surface area (Å²) >= 11 is 0. The third-order valence-corrected chi connectivity index (χ3v) is 5.19. The highest BCUT2D eigenvalue weighted by molar-refractivity contribution is 7.89. The Kier molecular flexibility index (Phi) is 5.01. The topological polar surface area (TPSA) is 61.4 Å². The van der Waals surface area contributed by atoms with Gasteiger partial charge >= 0.3 is 0 Å². The average Bonchev–Trinajstić information content (AvgIpc) is 2.64. The fourth-order valence-electron chi connectivity index (χ4n) is 2.47. The number of benzene rings is 1. The molecule has 1 aromatic carbocycles. The Hall–Kier alpha value is -1.11. The number of rotatable bonds is 4. The maximum atomic E-state index is 11.6. The summed E-state index contributed by atoms with van der Waals surface area (Å²) in [5, 5.41) is 3.50. The molecule has 0 aliphatic carbocycles. The van der Waals surface area contributed by atoms with Crippen LogP contribution in [0.25, 0.3) is 0 Å². The molecule has 6 heteroatoms. The molecule has 1 heterocycles. The summed E-state index contributed by atoms with van der Waals surface area (Å²) in [5.41, 5.74) is 0.981. The highest BCUT2D eigenvalue weighted by Gasteiger charge is 2.15. The molecule has 112 valence electrons. The Morgan fingerprint density at radius 2 is 1.85 bits per heavy atom. The zero-order valence-corrected chi connectivity index (χ0v) is 12.9. The van der Waals surface area contributed by atoms with Crippen LogP contribution in [0.2, 0.25) is 0 Å². The van der Waals surface area contributed by atoms with Crippen LogP contribution >= 0.6 is 0 Å². The van der Waals surface area contributed by atoms with Gasteiger partial charge in [-0.25, -0.2) is 13.1 Å². The van der Waals surface area contributed by atoms with Crippen molar-refractivity contribution in [2.75, 3.05) is 32.5 Å². The standard InChI is InChI=1S/C14H23N3O2S/c1-15-20(18,19)14-7-5-13(6-8-14)16-12-4-3-10-17(2)11-9-12/h5-8,12,15-16H,3-4,9-11H2,1-2H3. The summed E-state index contributed by atoms with van der Waals surface area (Å²) in [6.07, 6.45) is 3.47. The zero-order chi connectivity index (χ0) is 14.6. The van der Waals surface area contributed by atoms with Gasteiger partial charge in [0.15, 0.2) is 0 Å². The Morgan fingerprint density at radius 1 is 1.15 bits per heavy atom. The minimum Gasteiger partial charge on any atom is -0.382 e. The molecule has 1 aromatic rings. The number of sulfonamides is 1. The molecule has 1 saturated heterocycles. The second-order valence-electron chi connectivity index (χ2n) is 5.31. The summed E-state index contributed by atoms with van der Waals surface area (Å²) in [6, 6.07) is 7.40. The molecule has 1 unspecified atom stereocenters. The van der Waals surface area contributed by atoms with Crippen LogP contribution in [0.3, 0.4) is 0 Å². The largest absolute Gasteiger partial charge is 0.382 e. The van der Waals surface area contributed by atoms with Crippen molar-refractivity contribution in [2.24, 2.45) is 0 Å². The Morgan fingerprint density at radius 3 is 2.50 bits per heavy atom. The van der Waals surface area contributed by atoms with Gasteiger partial charge in [-0.15, -0.1) is 0 Å². The van der Waals surface area contributed by atoms with E-state index in [9.17, 15) is 8.42 Å². The second-order valence-corrected chi connectivity index (χ2v) is 7.19. The monoisotopic (exact) mass is 297 g/mol. The van der Waals surface area contributed by atoms with Crippen molar-refractivity contribution in [1.29, 1.82) is 0 Å². The van der Waals surface area contributed by atoms with E-state index in [-0.39, 0.29) is 0 Å². The van der Waals surface area contributed by atoms with Gasteiger partial charge in [0.1, 0.15) is 0 Å². The molecule has 0 radical (unpaired) electrons. The van der Waals surface area contributed by atoms with Crippen molar-refractivity contribution < 1.29 is 8.42 Å². The van der Waals surface area contributed by atoms with Crippen LogP contribution in [-0.4, -0.2) is 46.5 Å². The van der Waals surface area contributed by atoms with E-state index < -0.39 is 10.0 Å². The summed E-state index contributed by atoms with van der Waals surface area (Å²) in [7, 11) is 0.227. The van der Waals surface area contributed by atoms with Crippen molar-refractivity contribution >= 4 is 15.7 Å². The molecule has 0 spiro atoms. The molecule has 1 aliphatic rings. The van der Waals surface area contributed by atoms with Gasteiger partial charge in [0.05, 0.1) is 4.90 Å². The molecule has 0 bridgehead atoms. The van der Waals surface area contributed by atoms with E-state index in [2.05, 4.69) is 22.0 Å². The van der Waals surface area contributed by atoms with Crippen LogP contribution in [0.1, 0.15) is 19.3 Å². The Bertz CT molecular complexity index is 528. The summed E-state index contributed by atoms with van der Waals surface area (Å²) in [5.74, 6) is 0. The first-order valence-corrected chi connectivity index (χ1v) is 8.48. The number of hydrogen-bond donors (Lipinski definition) is 2. The van der Waals surface area contributed by atoms with E-state index in [0.717, 1.165) is 31.6 Å². The fourth-order valence-corrected chi connectivity index (χ4v) is 3.20. The van der Waals surface area contributed by atoms with Gasteiger partial charge in [0, 0.05) is 11.7 Å². The second kappa shape index (κ2) is 6.56. The Labute approximate surface area is 121 Å². The van der Waals surface area contributed by atoms with E-state index in [1.807, 2.05) is 12.1 Å². The van der Waals surface area contributed by atoms with Gasteiger partial charge in [-0.2, -0.15) is 0 Å². The summed E-state index contributed by atoms with van der Waals surface area (Å²) in [6.45, 7) is 2.25. The first-order chi connectivity index (χ1) is 9.51. The number of hydrogen-bond acceptors (Lipinski definition) is 4. The first-order valence-electron chi connectivity index (χ1n) is 7.00. The third kappa shape index (κ3) is 3.94. The lowest BCUT2D eigenvalue weighted by Crippen LogP contribution is -2.23. The van der Waals surface area contributed by atoms with E-state index in [4.69, 9.17) is 0 Å². The van der Waals surface area contributed by atoms with Gasteiger partial charge < -0.3 is 10.2 Å². The Balaban J connectivity index is 2.00. The lowest BCUT2D eigenvalue weighted by molar-refractivity contribution is 0.348. The number of nitrogens with zero attached hydrogens (tertiary/aromatic N) is 1. The molecule has 5 nitrogen and oxygen atoms in total. The van der Waals surface area contributed by atoms with Crippen molar-refractivity contribution in [3.8, 4) is 0 Å². The lowest BCUT2D eigenvalue weighted by Gasteiger charge is -2.18. The predicted octanol–water partition coefficient (Wildman–Crippen LogP) is 1.49. The molecular formula is C14H23N3O2S. The smallest absolute Gasteiger partial charge is 0.240 e. The third-order valence-electron chi connectivity index (χ3n) is 3.76. The van der Waals surface area contributed by atoms with Crippen LogP contribution in [0.5, 0.6) is 0 Å². The van der Waals surface area contributed by atoms with Crippen molar-refractivity contribution in [3.63, 3.8) is 0 Å². The zero-order valence-electron chi connectivity index (χ0n) is 12.1. The molecule has 1 fully saturated rings. The van der Waals surface area contributed by atoms with Crippen molar-refractivity contribution in [1.82, 2.24) is 9.62 Å². The fraction of sp³-hybridized carbons (Fsp3) is 0.571. The van der Waals surface area contributed by atoms with Crippen molar-refractivity contribution in [2.45, 2.75) is 30.2 Å². The van der Waals surface area contributed by atoms with Crippen LogP contribution in [0.15, 0.2) is 29.2 Å². The van der Waals surface area contributed by atoms with E-state index >= 15 is 0 Å². The molecule has 2 N–H and O–H groups in total. The minimum atomic E-state index is -3.35. The van der Waals surface area contributed by atoms with Crippen LogP contribution < -0.4 is 10.0 Å². The van der Waals surface area contributed by atoms with Gasteiger partial charge in [-0.3, -0.25) is 0 Å². The van der Waals surface area contributed by atoms with Gasteiger partial charge in [0.2, 0.25) is 10.0 Å². The number of anilines is 1. The van der Waals surface area contributed by atoms with E-state index in [0.29, 0.717) is 10.9 Å². The molecule has 1 atom stereocenters. The van der Waals surface area contributed by atoms with E-state index in [1.54, 1.807) is 12.1 Å². The van der Waals surface area contributed by atoms with Crippen LogP contribution in [-0.2, 0) is 10.0 Å². The van der Waals surface area contributed by atoms with Gasteiger partial charge in [0.25, 0.3) is 0 Å². The number of likely N-dealkylation sites (tertiary alicyclic amines) is 1. The van der Waals surface area contributed by atoms with Gasteiger partial charge in [-0.1, -0.05) is 0 Å². The highest BCUT2D eigenvalue weighted by atomic mass is 32.2. The highest BCUT2D eigenvalue weighted by Crippen LogP contribution is 2.18. The molecule has 2 rings (SSSR count). The summed E-state index contributed by atoms with van der Waals surface area (Å²) in [4.78, 5) is 2.65. The lowest BCUT2D eigenvalue weighted by atomic mass is 10.1. The first kappa shape index (κ1) is 15.3. The molecular weight excluding hydrogens is 274 g/mol.